The van der Waals surface area contributed by atoms with Crippen molar-refractivity contribution in [2.75, 3.05) is 18.9 Å². The maximum atomic E-state index is 4.74. The van der Waals surface area contributed by atoms with Crippen molar-refractivity contribution in [3.8, 4) is 11.4 Å². The average molecular weight is 356 g/mol. The first-order chi connectivity index (χ1) is 12.3. The molecule has 1 fully saturated rings. The molecule has 0 aliphatic heterocycles. The van der Waals surface area contributed by atoms with E-state index in [9.17, 15) is 0 Å². The van der Waals surface area contributed by atoms with Crippen molar-refractivity contribution in [3.63, 3.8) is 0 Å². The molecule has 3 rings (SSSR count). The molecule has 1 aliphatic carbocycles. The molecule has 132 valence electrons. The highest BCUT2D eigenvalue weighted by atomic mass is 32.1. The minimum atomic E-state index is 0.721. The van der Waals surface area contributed by atoms with Crippen LogP contribution >= 0.6 is 11.3 Å². The van der Waals surface area contributed by atoms with Crippen LogP contribution in [0.3, 0.4) is 0 Å². The van der Waals surface area contributed by atoms with E-state index in [1.54, 1.807) is 18.4 Å². The predicted molar refractivity (Wildman–Crippen MR) is 107 cm³/mol. The molecule has 0 radical (unpaired) electrons. The van der Waals surface area contributed by atoms with E-state index in [1.807, 2.05) is 30.5 Å². The molecular formula is C19H25N5S. The number of aromatic nitrogens is 2. The molecule has 2 N–H and O–H groups in total. The van der Waals surface area contributed by atoms with E-state index in [0.29, 0.717) is 0 Å². The molecular weight excluding hydrogens is 330 g/mol. The number of pyridine rings is 1. The zero-order chi connectivity index (χ0) is 17.5. The predicted octanol–water partition coefficient (Wildman–Crippen LogP) is 4.42. The third kappa shape index (κ3) is 4.89. The highest BCUT2D eigenvalue weighted by Gasteiger charge is 2.11. The van der Waals surface area contributed by atoms with E-state index < -0.39 is 0 Å². The van der Waals surface area contributed by atoms with Crippen LogP contribution in [0.25, 0.3) is 17.5 Å². The summed E-state index contributed by atoms with van der Waals surface area (Å²) in [6, 6.07) is 6.10. The maximum absolute atomic E-state index is 4.74. The van der Waals surface area contributed by atoms with Crippen LogP contribution in [-0.4, -0.2) is 29.5 Å². The highest BCUT2D eigenvalue weighted by Crippen LogP contribution is 2.27. The minimum absolute atomic E-state index is 0.721. The first-order valence-corrected chi connectivity index (χ1v) is 9.75. The van der Waals surface area contributed by atoms with Crippen LogP contribution in [0.4, 0.5) is 5.13 Å². The van der Waals surface area contributed by atoms with Gasteiger partial charge in [-0.15, -0.1) is 11.3 Å². The van der Waals surface area contributed by atoms with Gasteiger partial charge in [-0.2, -0.15) is 0 Å². The Hall–Kier alpha value is -2.21. The van der Waals surface area contributed by atoms with Gasteiger partial charge in [0.1, 0.15) is 5.69 Å². The molecule has 1 aliphatic rings. The van der Waals surface area contributed by atoms with Gasteiger partial charge in [-0.25, -0.2) is 9.97 Å². The molecule has 5 nitrogen and oxygen atoms in total. The van der Waals surface area contributed by atoms with Crippen molar-refractivity contribution < 1.29 is 0 Å². The van der Waals surface area contributed by atoms with Crippen LogP contribution in [0.2, 0.25) is 0 Å². The topological polar surface area (TPSA) is 62.2 Å². The lowest BCUT2D eigenvalue weighted by atomic mass is 10.1. The average Bonchev–Trinajstić information content (AvgIpc) is 3.32. The Morgan fingerprint density at radius 1 is 1.28 bits per heavy atom. The molecule has 0 spiro atoms. The Morgan fingerprint density at radius 2 is 2.12 bits per heavy atom. The lowest BCUT2D eigenvalue weighted by Crippen LogP contribution is -2.30. The van der Waals surface area contributed by atoms with Crippen LogP contribution in [0.5, 0.6) is 0 Å². The van der Waals surface area contributed by atoms with E-state index in [-0.39, 0.29) is 0 Å². The molecule has 0 saturated heterocycles. The number of rotatable bonds is 5. The highest BCUT2D eigenvalue weighted by molar-refractivity contribution is 7.14. The van der Waals surface area contributed by atoms with Crippen LogP contribution in [0.15, 0.2) is 34.6 Å². The van der Waals surface area contributed by atoms with Gasteiger partial charge in [-0.05, 0) is 43.9 Å². The largest absolute Gasteiger partial charge is 0.356 e. The Balaban J connectivity index is 1.70. The Kier molecular flexibility index (Phi) is 6.17. The lowest BCUT2D eigenvalue weighted by Gasteiger charge is -2.06. The number of guanidine groups is 1. The Morgan fingerprint density at radius 3 is 2.88 bits per heavy atom. The van der Waals surface area contributed by atoms with Crippen LogP contribution < -0.4 is 10.6 Å². The summed E-state index contributed by atoms with van der Waals surface area (Å²) in [4.78, 5) is 13.5. The fourth-order valence-corrected chi connectivity index (χ4v) is 3.67. The number of hydrogen-bond acceptors (Lipinski definition) is 4. The zero-order valence-corrected chi connectivity index (χ0v) is 15.6. The normalized spacial score (nSPS) is 15.8. The molecule has 0 aromatic carbocycles. The number of thiazole rings is 1. The van der Waals surface area contributed by atoms with E-state index in [2.05, 4.69) is 32.8 Å². The molecule has 0 amide bonds. The quantitative estimate of drug-likeness (QED) is 0.616. The molecule has 6 heteroatoms. The van der Waals surface area contributed by atoms with Crippen molar-refractivity contribution in [1.82, 2.24) is 15.3 Å². The molecule has 2 aromatic heterocycles. The van der Waals surface area contributed by atoms with Gasteiger partial charge in [0.2, 0.25) is 0 Å². The lowest BCUT2D eigenvalue weighted by molar-refractivity contribution is 0.689. The second-order valence-corrected chi connectivity index (χ2v) is 6.97. The van der Waals surface area contributed by atoms with Gasteiger partial charge in [-0.1, -0.05) is 25.0 Å². The van der Waals surface area contributed by atoms with Crippen molar-refractivity contribution in [3.05, 3.63) is 35.3 Å². The SMILES string of the molecule is CCNC(=NC)Nc1nc(-c2cccc(/C=C/C3CCCC3)n2)cs1. The summed E-state index contributed by atoms with van der Waals surface area (Å²) in [5.41, 5.74) is 2.78. The van der Waals surface area contributed by atoms with Gasteiger partial charge in [0.05, 0.1) is 11.4 Å². The van der Waals surface area contributed by atoms with Gasteiger partial charge in [0.25, 0.3) is 0 Å². The van der Waals surface area contributed by atoms with Gasteiger partial charge >= 0.3 is 0 Å². The molecule has 25 heavy (non-hydrogen) atoms. The van der Waals surface area contributed by atoms with Gasteiger partial charge in [0.15, 0.2) is 11.1 Å². The molecule has 0 bridgehead atoms. The van der Waals surface area contributed by atoms with Gasteiger partial charge in [-0.3, -0.25) is 4.99 Å². The number of allylic oxidation sites excluding steroid dienone is 1. The fraction of sp³-hybridized carbons (Fsp3) is 0.421. The van der Waals surface area contributed by atoms with Crippen LogP contribution in [0.1, 0.15) is 38.3 Å². The number of anilines is 1. The Labute approximate surface area is 153 Å². The third-order valence-electron chi connectivity index (χ3n) is 4.27. The summed E-state index contributed by atoms with van der Waals surface area (Å²) in [6.07, 6.45) is 9.79. The third-order valence-corrected chi connectivity index (χ3v) is 5.03. The van der Waals surface area contributed by atoms with Crippen LogP contribution in [-0.2, 0) is 0 Å². The summed E-state index contributed by atoms with van der Waals surface area (Å²) in [6.45, 7) is 2.85. The summed E-state index contributed by atoms with van der Waals surface area (Å²) in [7, 11) is 1.75. The van der Waals surface area contributed by atoms with Crippen molar-refractivity contribution >= 4 is 28.5 Å². The Bertz CT molecular complexity index is 744. The van der Waals surface area contributed by atoms with E-state index in [4.69, 9.17) is 4.98 Å². The second-order valence-electron chi connectivity index (χ2n) is 6.12. The maximum Gasteiger partial charge on any atom is 0.197 e. The molecule has 0 atom stereocenters. The number of nitrogens with zero attached hydrogens (tertiary/aromatic N) is 3. The van der Waals surface area contributed by atoms with E-state index >= 15 is 0 Å². The molecule has 0 unspecified atom stereocenters. The summed E-state index contributed by atoms with van der Waals surface area (Å²) >= 11 is 1.55. The van der Waals surface area contributed by atoms with Crippen molar-refractivity contribution in [2.24, 2.45) is 10.9 Å². The first-order valence-electron chi connectivity index (χ1n) is 8.87. The summed E-state index contributed by atoms with van der Waals surface area (Å²) in [5, 5.41) is 9.20. The summed E-state index contributed by atoms with van der Waals surface area (Å²) in [5.74, 6) is 1.45. The molecule has 2 heterocycles. The standard InChI is InChI=1S/C19H25N5S/c1-3-21-18(20-2)24-19-23-17(13-25-19)16-10-6-9-15(22-16)12-11-14-7-4-5-8-14/h6,9-14H,3-5,7-8H2,1-2H3,(H2,20,21,23,24)/b12-11+. The van der Waals surface area contributed by atoms with Gasteiger partial charge < -0.3 is 10.6 Å². The fourth-order valence-electron chi connectivity index (χ4n) is 2.97. The molecule has 1 saturated carbocycles. The first kappa shape index (κ1) is 17.6. The number of nitrogens with one attached hydrogen (secondary N) is 2. The summed E-state index contributed by atoms with van der Waals surface area (Å²) < 4.78 is 0. The van der Waals surface area contributed by atoms with E-state index in [0.717, 1.165) is 40.6 Å². The zero-order valence-electron chi connectivity index (χ0n) is 14.8. The number of hydrogen-bond donors (Lipinski definition) is 2. The van der Waals surface area contributed by atoms with Gasteiger partial charge in [0, 0.05) is 19.0 Å². The smallest absolute Gasteiger partial charge is 0.197 e. The second kappa shape index (κ2) is 8.76. The van der Waals surface area contributed by atoms with Crippen molar-refractivity contribution in [1.29, 1.82) is 0 Å². The van der Waals surface area contributed by atoms with Crippen molar-refractivity contribution in [2.45, 2.75) is 32.6 Å². The monoisotopic (exact) mass is 355 g/mol. The minimum Gasteiger partial charge on any atom is -0.356 e. The van der Waals surface area contributed by atoms with E-state index in [1.165, 1.54) is 25.7 Å². The van der Waals surface area contributed by atoms with Crippen LogP contribution in [0, 0.1) is 5.92 Å². The number of aliphatic imine (C=N–C) groups is 1. The molecule has 2 aromatic rings.